The fraction of sp³-hybridized carbons (Fsp3) is 0.500. The van der Waals surface area contributed by atoms with E-state index in [1.54, 1.807) is 13.3 Å². The van der Waals surface area contributed by atoms with Crippen LogP contribution < -0.4 is 15.4 Å². The van der Waals surface area contributed by atoms with Gasteiger partial charge in [0, 0.05) is 25.2 Å². The van der Waals surface area contributed by atoms with E-state index in [9.17, 15) is 0 Å². The van der Waals surface area contributed by atoms with Crippen LogP contribution in [-0.2, 0) is 13.1 Å². The Balaban J connectivity index is 0.00000364. The van der Waals surface area contributed by atoms with Crippen molar-refractivity contribution in [3.8, 4) is 5.75 Å². The van der Waals surface area contributed by atoms with E-state index in [1.165, 1.54) is 24.8 Å². The zero-order chi connectivity index (χ0) is 18.6. The molecule has 2 rings (SSSR count). The third-order valence-corrected chi connectivity index (χ3v) is 4.08. The van der Waals surface area contributed by atoms with Gasteiger partial charge in [0.2, 0.25) is 0 Å². The molecule has 0 saturated heterocycles. The summed E-state index contributed by atoms with van der Waals surface area (Å²) in [7, 11) is 1.75. The Morgan fingerprint density at radius 3 is 2.67 bits per heavy atom. The second kappa shape index (κ2) is 13.4. The number of aromatic nitrogens is 1. The van der Waals surface area contributed by atoms with Crippen molar-refractivity contribution in [1.29, 1.82) is 0 Å². The quantitative estimate of drug-likeness (QED) is 0.225. The van der Waals surface area contributed by atoms with Crippen LogP contribution in [0, 0.1) is 6.92 Å². The Labute approximate surface area is 179 Å². The van der Waals surface area contributed by atoms with Gasteiger partial charge < -0.3 is 19.9 Å². The maximum absolute atomic E-state index is 6.03. The van der Waals surface area contributed by atoms with Crippen LogP contribution in [0.4, 0.5) is 0 Å². The van der Waals surface area contributed by atoms with E-state index in [0.717, 1.165) is 30.0 Å². The molecule has 27 heavy (non-hydrogen) atoms. The second-order valence-electron chi connectivity index (χ2n) is 6.29. The zero-order valence-corrected chi connectivity index (χ0v) is 18.8. The first-order chi connectivity index (χ1) is 12.7. The van der Waals surface area contributed by atoms with Crippen LogP contribution in [0.2, 0.25) is 0 Å². The van der Waals surface area contributed by atoms with Gasteiger partial charge in [0.05, 0.1) is 13.2 Å². The molecule has 0 bridgehead atoms. The van der Waals surface area contributed by atoms with Crippen LogP contribution in [0.15, 0.2) is 40.0 Å². The Hall–Kier alpha value is -1.77. The summed E-state index contributed by atoms with van der Waals surface area (Å²) < 4.78 is 10.9. The lowest BCUT2D eigenvalue weighted by atomic mass is 10.1. The van der Waals surface area contributed by atoms with Crippen LogP contribution in [0.25, 0.3) is 0 Å². The van der Waals surface area contributed by atoms with Crippen LogP contribution in [0.5, 0.6) is 5.75 Å². The van der Waals surface area contributed by atoms with Gasteiger partial charge in [-0.1, -0.05) is 43.5 Å². The molecule has 0 amide bonds. The van der Waals surface area contributed by atoms with E-state index >= 15 is 0 Å². The molecule has 0 atom stereocenters. The highest BCUT2D eigenvalue weighted by Gasteiger charge is 2.06. The van der Waals surface area contributed by atoms with Crippen molar-refractivity contribution in [2.24, 2.45) is 4.99 Å². The monoisotopic (exact) mass is 486 g/mol. The summed E-state index contributed by atoms with van der Waals surface area (Å²) in [5, 5.41) is 10.4. The summed E-state index contributed by atoms with van der Waals surface area (Å²) in [5.74, 6) is 1.66. The molecule has 2 N–H and O–H groups in total. The molecule has 0 fully saturated rings. The molecule has 0 spiro atoms. The van der Waals surface area contributed by atoms with Gasteiger partial charge in [-0.25, -0.2) is 0 Å². The standard InChI is InChI=1S/C20H30N4O2.HI/c1-4-5-6-7-11-25-19-13-16(2)8-9-17(19)14-22-20(21-3)23-15-18-10-12-26-24-18;/h8-10,12-13H,4-7,11,14-15H2,1-3H3,(H2,21,22,23);1H. The minimum absolute atomic E-state index is 0. The van der Waals surface area contributed by atoms with Crippen molar-refractivity contribution < 1.29 is 9.26 Å². The molecule has 0 aliphatic rings. The maximum Gasteiger partial charge on any atom is 0.191 e. The predicted octanol–water partition coefficient (Wildman–Crippen LogP) is 4.43. The largest absolute Gasteiger partial charge is 0.493 e. The molecule has 0 radical (unpaired) electrons. The highest BCUT2D eigenvalue weighted by molar-refractivity contribution is 14.0. The van der Waals surface area contributed by atoms with Gasteiger partial charge in [-0.3, -0.25) is 4.99 Å². The van der Waals surface area contributed by atoms with Crippen molar-refractivity contribution in [2.45, 2.75) is 52.6 Å². The topological polar surface area (TPSA) is 71.7 Å². The minimum Gasteiger partial charge on any atom is -0.493 e. The van der Waals surface area contributed by atoms with Crippen molar-refractivity contribution in [3.63, 3.8) is 0 Å². The van der Waals surface area contributed by atoms with E-state index in [4.69, 9.17) is 9.26 Å². The van der Waals surface area contributed by atoms with Gasteiger partial charge in [0.1, 0.15) is 17.7 Å². The lowest BCUT2D eigenvalue weighted by molar-refractivity contribution is 0.301. The normalized spacial score (nSPS) is 11.0. The number of ether oxygens (including phenoxy) is 1. The number of hydrogen-bond donors (Lipinski definition) is 2. The number of guanidine groups is 1. The summed E-state index contributed by atoms with van der Waals surface area (Å²) in [6, 6.07) is 8.13. The van der Waals surface area contributed by atoms with Crippen LogP contribution in [0.1, 0.15) is 49.4 Å². The molecule has 0 unspecified atom stereocenters. The molecule has 2 aromatic rings. The molecule has 150 valence electrons. The highest BCUT2D eigenvalue weighted by Crippen LogP contribution is 2.20. The molecular formula is C20H31IN4O2. The molecular weight excluding hydrogens is 455 g/mol. The average molecular weight is 486 g/mol. The van der Waals surface area contributed by atoms with E-state index in [-0.39, 0.29) is 24.0 Å². The summed E-state index contributed by atoms with van der Waals surface area (Å²) in [6.45, 7) is 6.26. The molecule has 7 heteroatoms. The first-order valence-electron chi connectivity index (χ1n) is 9.29. The van der Waals surface area contributed by atoms with E-state index in [0.29, 0.717) is 19.0 Å². The molecule has 1 aromatic carbocycles. The number of benzene rings is 1. The van der Waals surface area contributed by atoms with Crippen LogP contribution >= 0.6 is 24.0 Å². The molecule has 6 nitrogen and oxygen atoms in total. The first kappa shape index (κ1) is 23.3. The summed E-state index contributed by atoms with van der Waals surface area (Å²) in [4.78, 5) is 4.24. The lowest BCUT2D eigenvalue weighted by Crippen LogP contribution is -2.36. The third-order valence-electron chi connectivity index (χ3n) is 4.08. The maximum atomic E-state index is 6.03. The minimum atomic E-state index is 0. The number of hydrogen-bond acceptors (Lipinski definition) is 4. The number of unbranched alkanes of at least 4 members (excludes halogenated alkanes) is 3. The van der Waals surface area contributed by atoms with Gasteiger partial charge in [0.15, 0.2) is 5.96 Å². The average Bonchev–Trinajstić information content (AvgIpc) is 3.16. The Morgan fingerprint density at radius 1 is 1.15 bits per heavy atom. The SMILES string of the molecule is CCCCCCOc1cc(C)ccc1CNC(=NC)NCc1ccon1.I. The summed E-state index contributed by atoms with van der Waals surface area (Å²) >= 11 is 0. The second-order valence-corrected chi connectivity index (χ2v) is 6.29. The Morgan fingerprint density at radius 2 is 1.96 bits per heavy atom. The fourth-order valence-corrected chi connectivity index (χ4v) is 2.56. The van der Waals surface area contributed by atoms with Gasteiger partial charge in [-0.2, -0.15) is 0 Å². The molecule has 0 aliphatic carbocycles. The van der Waals surface area contributed by atoms with Crippen molar-refractivity contribution in [1.82, 2.24) is 15.8 Å². The smallest absolute Gasteiger partial charge is 0.191 e. The van der Waals surface area contributed by atoms with Crippen LogP contribution in [-0.4, -0.2) is 24.8 Å². The number of aliphatic imine (C=N–C) groups is 1. The number of halogens is 1. The van der Waals surface area contributed by atoms with Gasteiger partial charge in [-0.05, 0) is 25.0 Å². The van der Waals surface area contributed by atoms with E-state index in [1.807, 2.05) is 6.07 Å². The molecule has 1 heterocycles. The summed E-state index contributed by atoms with van der Waals surface area (Å²) in [6.07, 6.45) is 6.37. The lowest BCUT2D eigenvalue weighted by Gasteiger charge is -2.15. The molecule has 0 aliphatic heterocycles. The first-order valence-corrected chi connectivity index (χ1v) is 9.29. The van der Waals surface area contributed by atoms with E-state index in [2.05, 4.69) is 52.8 Å². The van der Waals surface area contributed by atoms with Gasteiger partial charge in [-0.15, -0.1) is 24.0 Å². The van der Waals surface area contributed by atoms with Gasteiger partial charge in [0.25, 0.3) is 0 Å². The van der Waals surface area contributed by atoms with Crippen molar-refractivity contribution in [2.75, 3.05) is 13.7 Å². The van der Waals surface area contributed by atoms with Crippen LogP contribution in [0.3, 0.4) is 0 Å². The molecule has 0 saturated carbocycles. The van der Waals surface area contributed by atoms with Crippen molar-refractivity contribution >= 4 is 29.9 Å². The number of nitrogens with zero attached hydrogens (tertiary/aromatic N) is 2. The molecule has 1 aromatic heterocycles. The Kier molecular flexibility index (Phi) is 11.6. The van der Waals surface area contributed by atoms with Crippen molar-refractivity contribution in [3.05, 3.63) is 47.3 Å². The number of rotatable bonds is 10. The zero-order valence-electron chi connectivity index (χ0n) is 16.5. The third kappa shape index (κ3) is 8.64. The summed E-state index contributed by atoms with van der Waals surface area (Å²) in [5.41, 5.74) is 3.15. The highest BCUT2D eigenvalue weighted by atomic mass is 127. The predicted molar refractivity (Wildman–Crippen MR) is 120 cm³/mol. The Bertz CT molecular complexity index is 675. The van der Waals surface area contributed by atoms with E-state index < -0.39 is 0 Å². The number of nitrogens with one attached hydrogen (secondary N) is 2. The fourth-order valence-electron chi connectivity index (χ4n) is 2.56. The van der Waals surface area contributed by atoms with Gasteiger partial charge >= 0.3 is 0 Å². The number of aryl methyl sites for hydroxylation is 1.